The molecule has 9 heteroatoms. The van der Waals surface area contributed by atoms with Crippen molar-refractivity contribution in [2.24, 2.45) is 46.3 Å². The van der Waals surface area contributed by atoms with Crippen molar-refractivity contribution in [1.29, 1.82) is 0 Å². The van der Waals surface area contributed by atoms with Crippen LogP contribution in [0.5, 0.6) is 0 Å². The highest BCUT2D eigenvalue weighted by Gasteiger charge is 2.59. The Bertz CT molecular complexity index is 1090. The largest absolute Gasteiger partial charge is 0.508 e. The van der Waals surface area contributed by atoms with Gasteiger partial charge < -0.3 is 18.9 Å². The highest BCUT2D eigenvalue weighted by atomic mass is 31.2. The Hall–Kier alpha value is -0.920. The maximum atomic E-state index is 12.5. The van der Waals surface area contributed by atoms with E-state index in [-0.39, 0.29) is 31.3 Å². The van der Waals surface area contributed by atoms with Crippen LogP contribution < -0.4 is 0 Å². The fraction of sp³-hybridized carbons (Fsp3) is 0.919. The van der Waals surface area contributed by atoms with Crippen LogP contribution >= 0.6 is 7.82 Å². The van der Waals surface area contributed by atoms with E-state index in [1.807, 2.05) is 21.1 Å². The second kappa shape index (κ2) is 15.7. The van der Waals surface area contributed by atoms with Crippen LogP contribution in [0.3, 0.4) is 0 Å². The number of allylic oxidation sites excluding steroid dienone is 1. The summed E-state index contributed by atoms with van der Waals surface area (Å²) in [5.74, 6) is 4.89. The third-order valence-electron chi connectivity index (χ3n) is 12.6. The van der Waals surface area contributed by atoms with Crippen LogP contribution in [-0.2, 0) is 23.1 Å². The highest BCUT2D eigenvalue weighted by molar-refractivity contribution is 7.47. The Morgan fingerprint density at radius 3 is 2.39 bits per heavy atom. The van der Waals surface area contributed by atoms with Crippen LogP contribution in [0.4, 0.5) is 4.79 Å². The molecular formula is C37H67NO7P+. The van der Waals surface area contributed by atoms with Crippen molar-refractivity contribution < 1.29 is 37.3 Å². The average molecular weight is 669 g/mol. The number of carbonyl (C=O) groups is 1. The fourth-order valence-corrected chi connectivity index (χ4v) is 10.7. The molecule has 46 heavy (non-hydrogen) atoms. The summed E-state index contributed by atoms with van der Waals surface area (Å²) in [4.78, 5) is 22.3. The van der Waals surface area contributed by atoms with Gasteiger partial charge in [0.2, 0.25) is 0 Å². The fourth-order valence-electron chi connectivity index (χ4n) is 9.93. The predicted molar refractivity (Wildman–Crippen MR) is 183 cm³/mol. The molecule has 4 unspecified atom stereocenters. The van der Waals surface area contributed by atoms with Gasteiger partial charge >= 0.3 is 14.0 Å². The summed E-state index contributed by atoms with van der Waals surface area (Å²) < 4.78 is 33.8. The van der Waals surface area contributed by atoms with E-state index in [9.17, 15) is 14.3 Å². The Labute approximate surface area is 280 Å². The van der Waals surface area contributed by atoms with Crippen molar-refractivity contribution in [3.8, 4) is 0 Å². The van der Waals surface area contributed by atoms with Gasteiger partial charge in [0.1, 0.15) is 19.3 Å². The molecular weight excluding hydrogens is 601 g/mol. The lowest BCUT2D eigenvalue weighted by Crippen LogP contribution is -2.51. The van der Waals surface area contributed by atoms with Gasteiger partial charge in [0, 0.05) is 6.42 Å². The van der Waals surface area contributed by atoms with Crippen molar-refractivity contribution in [2.45, 2.75) is 124 Å². The summed E-state index contributed by atoms with van der Waals surface area (Å²) in [6, 6.07) is 0. The van der Waals surface area contributed by atoms with E-state index in [4.69, 9.17) is 18.5 Å². The van der Waals surface area contributed by atoms with E-state index in [1.54, 1.807) is 0 Å². The molecule has 0 aliphatic heterocycles. The molecule has 266 valence electrons. The molecule has 4 aliphatic carbocycles. The number of nitrogens with zero attached hydrogens (tertiary/aromatic N) is 1. The van der Waals surface area contributed by atoms with E-state index >= 15 is 0 Å². The molecule has 0 radical (unpaired) electrons. The van der Waals surface area contributed by atoms with E-state index < -0.39 is 14.0 Å². The number of fused-ring (bicyclic) bond motifs is 5. The minimum Gasteiger partial charge on any atom is -0.434 e. The van der Waals surface area contributed by atoms with Crippen LogP contribution in [0.25, 0.3) is 0 Å². The SMILES string of the molecule is CC(C)CCC[C@@H](C)[C@H]1CCC2C3CC=C4C[C@@H](OC(=O)OCCCCOP(=O)(O)OCC[N+](C)(C)C)CC[C@]4(C)C3CC[C@@]21C. The standard InChI is InChI=1S/C37H66NO7P/c1-27(2)12-11-13-28(3)32-16-17-33-31-15-14-29-26-30(18-20-36(29,4)34(31)19-21-37(32,33)5)45-35(39)42-23-9-10-24-43-46(40,41)44-25-22-38(6,7)8/h14,27-28,30-34H,9-13,15-26H2,1-8H3/p+1/t28-,30+,31?,32-,33?,34?,36+,37-/m1/s1. The topological polar surface area (TPSA) is 91.3 Å². The Morgan fingerprint density at radius 2 is 1.67 bits per heavy atom. The average Bonchev–Trinajstić information content (AvgIpc) is 3.31. The van der Waals surface area contributed by atoms with Crippen molar-refractivity contribution in [2.75, 3.05) is 47.5 Å². The Kier molecular flexibility index (Phi) is 13.0. The Morgan fingerprint density at radius 1 is 0.957 bits per heavy atom. The number of carbonyl (C=O) groups excluding carboxylic acids is 1. The second-order valence-corrected chi connectivity index (χ2v) is 18.7. The maximum absolute atomic E-state index is 12.5. The van der Waals surface area contributed by atoms with Crippen LogP contribution in [0.2, 0.25) is 0 Å². The number of hydrogen-bond donors (Lipinski definition) is 1. The minimum absolute atomic E-state index is 0.0616. The summed E-state index contributed by atoms with van der Waals surface area (Å²) in [6.45, 7) is 13.4. The molecule has 8 nitrogen and oxygen atoms in total. The number of quaternary nitrogens is 1. The minimum atomic E-state index is -4.07. The number of likely N-dealkylation sites (N-methyl/N-ethyl adjacent to an activating group) is 1. The molecule has 9 atom stereocenters. The first-order valence-corrected chi connectivity index (χ1v) is 20.0. The molecule has 1 N–H and O–H groups in total. The van der Waals surface area contributed by atoms with Crippen molar-refractivity contribution in [3.63, 3.8) is 0 Å². The number of unbranched alkanes of at least 4 members (excludes halogenated alkanes) is 1. The van der Waals surface area contributed by atoms with Crippen molar-refractivity contribution >= 4 is 14.0 Å². The van der Waals surface area contributed by atoms with Gasteiger partial charge in [-0.25, -0.2) is 9.36 Å². The molecule has 0 amide bonds. The molecule has 0 aromatic rings. The van der Waals surface area contributed by atoms with Gasteiger partial charge in [-0.05, 0) is 104 Å². The summed E-state index contributed by atoms with van der Waals surface area (Å²) in [7, 11) is 1.88. The summed E-state index contributed by atoms with van der Waals surface area (Å²) in [5, 5.41) is 0. The molecule has 0 spiro atoms. The van der Waals surface area contributed by atoms with E-state index in [1.165, 1.54) is 56.9 Å². The van der Waals surface area contributed by atoms with Gasteiger partial charge in [0.05, 0.1) is 34.4 Å². The number of phosphoric acid groups is 1. The molecule has 0 bridgehead atoms. The maximum Gasteiger partial charge on any atom is 0.508 e. The summed E-state index contributed by atoms with van der Waals surface area (Å²) >= 11 is 0. The molecule has 4 rings (SSSR count). The van der Waals surface area contributed by atoms with Crippen molar-refractivity contribution in [3.05, 3.63) is 11.6 Å². The van der Waals surface area contributed by atoms with Crippen molar-refractivity contribution in [1.82, 2.24) is 0 Å². The first-order chi connectivity index (χ1) is 21.5. The number of phosphoric ester groups is 1. The number of rotatable bonds is 16. The third kappa shape index (κ3) is 9.61. The summed E-state index contributed by atoms with van der Waals surface area (Å²) in [5.41, 5.74) is 2.22. The molecule has 0 aromatic heterocycles. The van der Waals surface area contributed by atoms with Crippen LogP contribution in [0, 0.1) is 46.3 Å². The number of ether oxygens (including phenoxy) is 2. The molecule has 0 saturated heterocycles. The molecule has 3 saturated carbocycles. The zero-order valence-corrected chi connectivity index (χ0v) is 31.3. The normalized spacial score (nSPS) is 34.6. The zero-order valence-electron chi connectivity index (χ0n) is 30.4. The second-order valence-electron chi connectivity index (χ2n) is 17.2. The van der Waals surface area contributed by atoms with E-state index in [0.29, 0.717) is 29.3 Å². The lowest BCUT2D eigenvalue weighted by Gasteiger charge is -2.58. The van der Waals surface area contributed by atoms with Gasteiger partial charge in [-0.15, -0.1) is 0 Å². The molecule has 4 aliphatic rings. The smallest absolute Gasteiger partial charge is 0.434 e. The van der Waals surface area contributed by atoms with Gasteiger partial charge in [-0.3, -0.25) is 9.05 Å². The zero-order chi connectivity index (χ0) is 33.8. The summed E-state index contributed by atoms with van der Waals surface area (Å²) in [6.07, 6.45) is 16.4. The molecule has 0 heterocycles. The van der Waals surface area contributed by atoms with Gasteiger partial charge in [0.25, 0.3) is 0 Å². The monoisotopic (exact) mass is 668 g/mol. The van der Waals surface area contributed by atoms with E-state index in [2.05, 4.69) is 40.7 Å². The van der Waals surface area contributed by atoms with Crippen LogP contribution in [-0.4, -0.2) is 69.1 Å². The lowest BCUT2D eigenvalue weighted by atomic mass is 9.47. The third-order valence-corrected chi connectivity index (χ3v) is 13.6. The first kappa shape index (κ1) is 37.9. The van der Waals surface area contributed by atoms with Gasteiger partial charge in [0.15, 0.2) is 0 Å². The lowest BCUT2D eigenvalue weighted by molar-refractivity contribution is -0.870. The van der Waals surface area contributed by atoms with Crippen LogP contribution in [0.1, 0.15) is 118 Å². The Balaban J connectivity index is 1.19. The highest BCUT2D eigenvalue weighted by Crippen LogP contribution is 2.67. The van der Waals surface area contributed by atoms with Gasteiger partial charge in [-0.2, -0.15) is 0 Å². The quantitative estimate of drug-likeness (QED) is 0.0577. The van der Waals surface area contributed by atoms with Crippen LogP contribution in [0.15, 0.2) is 11.6 Å². The van der Waals surface area contributed by atoms with E-state index in [0.717, 1.165) is 54.8 Å². The first-order valence-electron chi connectivity index (χ1n) is 18.5. The predicted octanol–water partition coefficient (Wildman–Crippen LogP) is 9.17. The molecule has 0 aromatic carbocycles. The molecule has 3 fully saturated rings. The van der Waals surface area contributed by atoms with Gasteiger partial charge in [-0.1, -0.05) is 65.5 Å². The number of hydrogen-bond acceptors (Lipinski definition) is 6.